The van der Waals surface area contributed by atoms with Gasteiger partial charge in [-0.15, -0.1) is 0 Å². The molecule has 0 aliphatic heterocycles. The van der Waals surface area contributed by atoms with Crippen LogP contribution < -0.4 is 10.6 Å². The molecule has 1 unspecified atom stereocenters. The van der Waals surface area contributed by atoms with Gasteiger partial charge < -0.3 is 10.6 Å². The van der Waals surface area contributed by atoms with Gasteiger partial charge in [0, 0.05) is 18.2 Å². The number of hydrogen-bond donors (Lipinski definition) is 2. The Morgan fingerprint density at radius 1 is 1.17 bits per heavy atom. The van der Waals surface area contributed by atoms with Crippen molar-refractivity contribution in [1.82, 2.24) is 14.3 Å². The Bertz CT molecular complexity index is 1420. The first-order valence-corrected chi connectivity index (χ1v) is 17.1. The van der Waals surface area contributed by atoms with Crippen LogP contribution in [0.2, 0.25) is 0 Å². The third-order valence-electron chi connectivity index (χ3n) is 6.37. The number of benzene rings is 1. The van der Waals surface area contributed by atoms with Crippen molar-refractivity contribution in [1.29, 1.82) is 0 Å². The van der Waals surface area contributed by atoms with Gasteiger partial charge in [-0.3, -0.25) is 9.13 Å². The van der Waals surface area contributed by atoms with Gasteiger partial charge in [0.05, 0.1) is 22.6 Å². The van der Waals surface area contributed by atoms with E-state index >= 15 is 0 Å². The van der Waals surface area contributed by atoms with Crippen LogP contribution in [0.3, 0.4) is 0 Å². The van der Waals surface area contributed by atoms with Crippen LogP contribution >= 0.6 is 28.4 Å². The molecule has 1 atom stereocenters. The number of carbonyl (C=O) groups is 1. The number of nitrogens with zero attached hydrogens (tertiary/aromatic N) is 3. The molecule has 3 aromatic rings. The monoisotopic (exact) mass is 633 g/mol. The minimum atomic E-state index is -3.59. The topological polar surface area (TPSA) is 106 Å². The van der Waals surface area contributed by atoms with E-state index in [2.05, 4.69) is 20.6 Å². The van der Waals surface area contributed by atoms with Gasteiger partial charge in [0.25, 0.3) is 6.43 Å². The normalized spacial score (nSPS) is 16.8. The third-order valence-corrected chi connectivity index (χ3v) is 9.57. The molecule has 2 heterocycles. The van der Waals surface area contributed by atoms with Crippen molar-refractivity contribution in [2.24, 2.45) is 5.92 Å². The second-order valence-corrected chi connectivity index (χ2v) is 13.0. The summed E-state index contributed by atoms with van der Waals surface area (Å²) in [5.41, 5.74) is 1.94. The number of halogens is 3. The fourth-order valence-electron chi connectivity index (χ4n) is 4.12. The van der Waals surface area contributed by atoms with E-state index in [0.29, 0.717) is 11.6 Å². The van der Waals surface area contributed by atoms with Gasteiger partial charge >= 0.3 is 0 Å². The standard InChI is InChI=1S/C22H23F2IN5O3PS/c1-35(32,33)16-9-13(11-3-2-4-11)7-8-14(16)26-15-10-17(28-22(31)12-5-6-12)27-20-18(15)29-21(19(23)24)30(20)34-25/h7-12,19,34H,2-6H2,1H3,(H2,26,27,28,31). The largest absolute Gasteiger partial charge is 0.352 e. The molecule has 8 nitrogen and oxygen atoms in total. The molecule has 0 radical (unpaired) electrons. The minimum absolute atomic E-state index is 0.0761. The Labute approximate surface area is 215 Å². The smallest absolute Gasteiger partial charge is 0.295 e. The summed E-state index contributed by atoms with van der Waals surface area (Å²) in [6, 6.07) is 6.79. The average Bonchev–Trinajstić information content (AvgIpc) is 3.53. The van der Waals surface area contributed by atoms with Gasteiger partial charge in [0.1, 0.15) is 11.3 Å². The lowest BCUT2D eigenvalue weighted by molar-refractivity contribution is -0.117. The average molecular weight is 633 g/mol. The highest BCUT2D eigenvalue weighted by Gasteiger charge is 2.31. The number of nitrogens with one attached hydrogen (secondary N) is 2. The first kappa shape index (κ1) is 24.8. The van der Waals surface area contributed by atoms with Crippen LogP contribution in [0.15, 0.2) is 29.2 Å². The molecule has 1 aromatic carbocycles. The molecule has 0 saturated heterocycles. The van der Waals surface area contributed by atoms with Crippen molar-refractivity contribution in [3.05, 3.63) is 35.7 Å². The number of rotatable bonds is 8. The molecule has 186 valence electrons. The third kappa shape index (κ3) is 5.01. The Kier molecular flexibility index (Phi) is 6.73. The number of sulfone groups is 1. The molecule has 2 N–H and O–H groups in total. The summed E-state index contributed by atoms with van der Waals surface area (Å²) in [7, 11) is -3.59. The van der Waals surface area contributed by atoms with Gasteiger partial charge in [0.2, 0.25) is 5.91 Å². The van der Waals surface area contributed by atoms with Crippen molar-refractivity contribution in [3.8, 4) is 0 Å². The maximum atomic E-state index is 13.7. The van der Waals surface area contributed by atoms with Crippen molar-refractivity contribution < 1.29 is 22.0 Å². The molecule has 1 amide bonds. The van der Waals surface area contributed by atoms with Crippen LogP contribution in [0.25, 0.3) is 11.2 Å². The fraction of sp³-hybridized carbons (Fsp3) is 0.409. The molecule has 2 fully saturated rings. The van der Waals surface area contributed by atoms with Crippen LogP contribution in [-0.4, -0.2) is 34.9 Å². The van der Waals surface area contributed by atoms with E-state index in [1.165, 1.54) is 10.4 Å². The molecule has 13 heteroatoms. The van der Waals surface area contributed by atoms with E-state index < -0.39 is 22.1 Å². The zero-order chi connectivity index (χ0) is 24.9. The number of carbonyl (C=O) groups excluding carboxylic acids is 1. The summed E-state index contributed by atoms with van der Waals surface area (Å²) in [6.07, 6.45) is 2.98. The summed E-state index contributed by atoms with van der Waals surface area (Å²) in [5.74, 6) is -0.150. The maximum absolute atomic E-state index is 13.7. The van der Waals surface area contributed by atoms with Gasteiger partial charge in [-0.2, -0.15) is 0 Å². The molecule has 35 heavy (non-hydrogen) atoms. The van der Waals surface area contributed by atoms with E-state index in [-0.39, 0.29) is 45.8 Å². The Hall–Kier alpha value is -1.92. The number of amides is 1. The van der Waals surface area contributed by atoms with Crippen LogP contribution in [0.4, 0.5) is 26.0 Å². The minimum Gasteiger partial charge on any atom is -0.352 e. The molecule has 0 bridgehead atoms. The highest BCUT2D eigenvalue weighted by Crippen LogP contribution is 2.41. The molecule has 2 saturated carbocycles. The van der Waals surface area contributed by atoms with E-state index in [1.807, 2.05) is 28.1 Å². The lowest BCUT2D eigenvalue weighted by atomic mass is 9.80. The first-order chi connectivity index (χ1) is 16.7. The second-order valence-electron chi connectivity index (χ2n) is 8.96. The number of anilines is 3. The Morgan fingerprint density at radius 2 is 1.91 bits per heavy atom. The zero-order valence-electron chi connectivity index (χ0n) is 18.7. The Balaban J connectivity index is 1.62. The SMILES string of the molecule is CS(=O)(=O)c1cc(C2CCC2)ccc1Nc1cc(NC(=O)C2CC2)nc2c1nc(C(F)F)n2PI. The lowest BCUT2D eigenvalue weighted by Crippen LogP contribution is -2.15. The van der Waals surface area contributed by atoms with Crippen LogP contribution in [-0.2, 0) is 14.6 Å². The van der Waals surface area contributed by atoms with E-state index in [1.54, 1.807) is 12.1 Å². The van der Waals surface area contributed by atoms with Crippen molar-refractivity contribution >= 4 is 72.5 Å². The first-order valence-electron chi connectivity index (χ1n) is 11.2. The molecule has 0 spiro atoms. The number of imidazole rings is 1. The fourth-order valence-corrected chi connectivity index (χ4v) is 6.88. The molecule has 5 rings (SSSR count). The molecule has 2 aliphatic rings. The van der Waals surface area contributed by atoms with Crippen LogP contribution in [0, 0.1) is 5.92 Å². The number of pyridine rings is 1. The van der Waals surface area contributed by atoms with Gasteiger partial charge in [-0.05, 0) is 71.3 Å². The highest BCUT2D eigenvalue weighted by atomic mass is 127. The van der Waals surface area contributed by atoms with Crippen molar-refractivity contribution in [2.75, 3.05) is 16.9 Å². The highest BCUT2D eigenvalue weighted by molar-refractivity contribution is 14.2. The van der Waals surface area contributed by atoms with Gasteiger partial charge in [0.15, 0.2) is 21.3 Å². The Morgan fingerprint density at radius 3 is 2.49 bits per heavy atom. The number of hydrogen-bond acceptors (Lipinski definition) is 6. The summed E-state index contributed by atoms with van der Waals surface area (Å²) >= 11 is 1.98. The predicted octanol–water partition coefficient (Wildman–Crippen LogP) is 5.92. The number of fused-ring (bicyclic) bond motifs is 1. The molecule has 2 aliphatic carbocycles. The van der Waals surface area contributed by atoms with Crippen molar-refractivity contribution in [2.45, 2.75) is 49.3 Å². The maximum Gasteiger partial charge on any atom is 0.295 e. The van der Waals surface area contributed by atoms with Crippen molar-refractivity contribution in [3.63, 3.8) is 0 Å². The van der Waals surface area contributed by atoms with E-state index in [9.17, 15) is 22.0 Å². The summed E-state index contributed by atoms with van der Waals surface area (Å²) < 4.78 is 54.1. The zero-order valence-corrected chi connectivity index (χ0v) is 22.7. The van der Waals surface area contributed by atoms with E-state index in [0.717, 1.165) is 43.9 Å². The summed E-state index contributed by atoms with van der Waals surface area (Å²) in [6.45, 7) is 0. The second kappa shape index (κ2) is 9.51. The van der Waals surface area contributed by atoms with Gasteiger partial charge in [-0.25, -0.2) is 27.2 Å². The molecular formula is C22H23F2IN5O3PS. The number of aromatic nitrogens is 3. The van der Waals surface area contributed by atoms with E-state index in [4.69, 9.17) is 0 Å². The summed E-state index contributed by atoms with van der Waals surface area (Å²) in [4.78, 5) is 21.0. The number of alkyl halides is 2. The molecule has 2 aromatic heterocycles. The van der Waals surface area contributed by atoms with Gasteiger partial charge in [-0.1, -0.05) is 12.5 Å². The van der Waals surface area contributed by atoms with Crippen LogP contribution in [0.1, 0.15) is 55.8 Å². The summed E-state index contributed by atoms with van der Waals surface area (Å²) in [5, 5.41) is 5.86. The molecular weight excluding hydrogens is 610 g/mol. The lowest BCUT2D eigenvalue weighted by Gasteiger charge is -2.26. The van der Waals surface area contributed by atoms with Crippen LogP contribution in [0.5, 0.6) is 0 Å². The quantitative estimate of drug-likeness (QED) is 0.236. The predicted molar refractivity (Wildman–Crippen MR) is 141 cm³/mol.